The van der Waals surface area contributed by atoms with Crippen molar-refractivity contribution in [3.63, 3.8) is 0 Å². The first-order valence-corrected chi connectivity index (χ1v) is 11.3. The Morgan fingerprint density at radius 1 is 1.10 bits per heavy atom. The number of nitrogens with one attached hydrogen (secondary N) is 1. The summed E-state index contributed by atoms with van der Waals surface area (Å²) in [4.78, 5) is 13.7. The van der Waals surface area contributed by atoms with Gasteiger partial charge in [0.15, 0.2) is 5.78 Å². The highest BCUT2D eigenvalue weighted by Crippen LogP contribution is 2.42. The summed E-state index contributed by atoms with van der Waals surface area (Å²) in [6.45, 7) is 10.5. The van der Waals surface area contributed by atoms with Crippen molar-refractivity contribution in [2.24, 2.45) is 5.41 Å². The number of halogens is 2. The quantitative estimate of drug-likeness (QED) is 0.394. The number of Topliss-reactive ketones (excluding diaryl/α,β-unsaturated/α-hetero) is 1. The van der Waals surface area contributed by atoms with E-state index < -0.39 is 0 Å². The highest BCUT2D eigenvalue weighted by Gasteiger charge is 2.20. The van der Waals surface area contributed by atoms with E-state index in [0.29, 0.717) is 6.42 Å². The molecule has 1 N–H and O–H groups in total. The largest absolute Gasteiger partial charge is 0.316 e. The van der Waals surface area contributed by atoms with Crippen LogP contribution in [0.4, 0.5) is 0 Å². The summed E-state index contributed by atoms with van der Waals surface area (Å²) in [5, 5.41) is 4.59. The molecule has 1 atom stereocenters. The fourth-order valence-corrected chi connectivity index (χ4v) is 5.12. The third-order valence-electron chi connectivity index (χ3n) is 5.12. The SMILES string of the molecule is CC(Sc1c(Cl)ccc2c1CCNCC2)c1ccc(C(=O)CC(C)(C)C)cc1.Cl. The highest BCUT2D eigenvalue weighted by atomic mass is 35.5. The molecule has 3 rings (SSSR count). The normalized spacial score (nSPS) is 15.1. The number of hydrogen-bond acceptors (Lipinski definition) is 3. The van der Waals surface area contributed by atoms with Gasteiger partial charge in [0, 0.05) is 22.1 Å². The van der Waals surface area contributed by atoms with Crippen molar-refractivity contribution in [2.45, 2.75) is 57.1 Å². The summed E-state index contributed by atoms with van der Waals surface area (Å²) < 4.78 is 0. The lowest BCUT2D eigenvalue weighted by Crippen LogP contribution is -2.16. The van der Waals surface area contributed by atoms with Gasteiger partial charge >= 0.3 is 0 Å². The van der Waals surface area contributed by atoms with E-state index in [-0.39, 0.29) is 28.9 Å². The molecule has 5 heteroatoms. The molecule has 0 aromatic heterocycles. The Kier molecular flexibility index (Phi) is 8.66. The van der Waals surface area contributed by atoms with Crippen LogP contribution in [0.1, 0.15) is 66.4 Å². The third kappa shape index (κ3) is 6.49. The topological polar surface area (TPSA) is 29.1 Å². The van der Waals surface area contributed by atoms with Crippen LogP contribution in [-0.2, 0) is 12.8 Å². The number of hydrogen-bond donors (Lipinski definition) is 1. The summed E-state index contributed by atoms with van der Waals surface area (Å²) in [7, 11) is 0. The van der Waals surface area contributed by atoms with Gasteiger partial charge in [0.1, 0.15) is 0 Å². The molecule has 0 saturated heterocycles. The number of carbonyl (C=O) groups is 1. The zero-order chi connectivity index (χ0) is 20.3. The second-order valence-corrected chi connectivity index (χ2v) is 10.6. The molecule has 2 nitrogen and oxygen atoms in total. The first kappa shape index (κ1) is 24.3. The third-order valence-corrected chi connectivity index (χ3v) is 6.87. The lowest BCUT2D eigenvalue weighted by Gasteiger charge is -2.19. The summed E-state index contributed by atoms with van der Waals surface area (Å²) in [6, 6.07) is 12.3. The molecule has 1 aliphatic heterocycles. The van der Waals surface area contributed by atoms with E-state index in [4.69, 9.17) is 11.6 Å². The fourth-order valence-electron chi connectivity index (χ4n) is 3.61. The van der Waals surface area contributed by atoms with Crippen molar-refractivity contribution in [1.82, 2.24) is 5.32 Å². The van der Waals surface area contributed by atoms with Crippen LogP contribution in [0.15, 0.2) is 41.3 Å². The number of fused-ring (bicyclic) bond motifs is 1. The Hall–Kier alpha value is -1.00. The fraction of sp³-hybridized carbons (Fsp3) is 0.458. The second kappa shape index (κ2) is 10.3. The van der Waals surface area contributed by atoms with Gasteiger partial charge < -0.3 is 5.32 Å². The van der Waals surface area contributed by atoms with E-state index in [1.54, 1.807) is 0 Å². The monoisotopic (exact) mass is 451 g/mol. The second-order valence-electron chi connectivity index (χ2n) is 8.81. The van der Waals surface area contributed by atoms with Gasteiger partial charge in [0.25, 0.3) is 0 Å². The van der Waals surface area contributed by atoms with Gasteiger partial charge in [0.2, 0.25) is 0 Å². The molecule has 0 fully saturated rings. The molecule has 2 aromatic carbocycles. The maximum absolute atomic E-state index is 12.4. The predicted octanol–water partition coefficient (Wildman–Crippen LogP) is 6.92. The molecular weight excluding hydrogens is 421 g/mol. The van der Waals surface area contributed by atoms with Crippen LogP contribution in [0, 0.1) is 5.41 Å². The van der Waals surface area contributed by atoms with Gasteiger partial charge in [-0.1, -0.05) is 62.7 Å². The predicted molar refractivity (Wildman–Crippen MR) is 128 cm³/mol. The van der Waals surface area contributed by atoms with Crippen LogP contribution in [0.25, 0.3) is 0 Å². The molecule has 0 amide bonds. The van der Waals surface area contributed by atoms with E-state index >= 15 is 0 Å². The molecule has 0 spiro atoms. The van der Waals surface area contributed by atoms with E-state index in [9.17, 15) is 4.79 Å². The minimum absolute atomic E-state index is 0. The van der Waals surface area contributed by atoms with E-state index in [0.717, 1.165) is 36.5 Å². The molecule has 29 heavy (non-hydrogen) atoms. The molecule has 1 unspecified atom stereocenters. The minimum atomic E-state index is 0. The molecule has 158 valence electrons. The number of ketones is 1. The van der Waals surface area contributed by atoms with Crippen LogP contribution >= 0.6 is 35.8 Å². The van der Waals surface area contributed by atoms with Crippen LogP contribution in [0.5, 0.6) is 0 Å². The Morgan fingerprint density at radius 3 is 2.41 bits per heavy atom. The Morgan fingerprint density at radius 2 is 1.76 bits per heavy atom. The van der Waals surface area contributed by atoms with E-state index in [1.807, 2.05) is 30.0 Å². The first-order valence-electron chi connectivity index (χ1n) is 10.1. The standard InChI is InChI=1S/C24H30ClNOS.ClH/c1-16(17-5-7-19(8-6-17)22(27)15-24(2,3)4)28-23-20-12-14-26-13-11-18(20)9-10-21(23)25;/h5-10,16,26H,11-15H2,1-4H3;1H. The van der Waals surface area contributed by atoms with Gasteiger partial charge in [-0.2, -0.15) is 0 Å². The van der Waals surface area contributed by atoms with E-state index in [2.05, 4.69) is 51.2 Å². The summed E-state index contributed by atoms with van der Waals surface area (Å²) in [5.41, 5.74) is 4.83. The molecule has 1 aliphatic rings. The summed E-state index contributed by atoms with van der Waals surface area (Å²) in [5.74, 6) is 0.211. The van der Waals surface area contributed by atoms with Gasteiger partial charge in [-0.05, 0) is 61.0 Å². The molecule has 0 saturated carbocycles. The van der Waals surface area contributed by atoms with Gasteiger partial charge in [0.05, 0.1) is 5.02 Å². The van der Waals surface area contributed by atoms with Gasteiger partial charge in [-0.25, -0.2) is 0 Å². The smallest absolute Gasteiger partial charge is 0.163 e. The van der Waals surface area contributed by atoms with Gasteiger partial charge in [-0.15, -0.1) is 24.2 Å². The average molecular weight is 452 g/mol. The van der Waals surface area contributed by atoms with Crippen molar-refractivity contribution in [2.75, 3.05) is 13.1 Å². The van der Waals surface area contributed by atoms with Crippen molar-refractivity contribution in [1.29, 1.82) is 0 Å². The van der Waals surface area contributed by atoms with Crippen LogP contribution < -0.4 is 5.32 Å². The van der Waals surface area contributed by atoms with Crippen LogP contribution in [0.3, 0.4) is 0 Å². The Balaban J connectivity index is 0.00000300. The number of benzene rings is 2. The van der Waals surface area contributed by atoms with Crippen LogP contribution in [-0.4, -0.2) is 18.9 Å². The number of rotatable bonds is 5. The maximum atomic E-state index is 12.4. The minimum Gasteiger partial charge on any atom is -0.316 e. The summed E-state index contributed by atoms with van der Waals surface area (Å²) in [6.07, 6.45) is 2.64. The van der Waals surface area contributed by atoms with Crippen LogP contribution in [0.2, 0.25) is 5.02 Å². The summed E-state index contributed by atoms with van der Waals surface area (Å²) >= 11 is 8.42. The zero-order valence-corrected chi connectivity index (χ0v) is 20.1. The first-order chi connectivity index (χ1) is 13.2. The number of carbonyl (C=O) groups excluding carboxylic acids is 1. The van der Waals surface area contributed by atoms with Crippen molar-refractivity contribution < 1.29 is 4.79 Å². The highest BCUT2D eigenvalue weighted by molar-refractivity contribution is 7.99. The van der Waals surface area contributed by atoms with Crippen molar-refractivity contribution in [3.05, 3.63) is 63.7 Å². The van der Waals surface area contributed by atoms with Gasteiger partial charge in [-0.3, -0.25) is 4.79 Å². The molecule has 1 heterocycles. The van der Waals surface area contributed by atoms with Crippen molar-refractivity contribution in [3.8, 4) is 0 Å². The Labute approximate surface area is 190 Å². The average Bonchev–Trinajstić information content (AvgIpc) is 2.88. The molecular formula is C24H31Cl2NOS. The molecule has 0 bridgehead atoms. The Bertz CT molecular complexity index is 843. The molecule has 0 radical (unpaired) electrons. The molecule has 0 aliphatic carbocycles. The molecule has 2 aromatic rings. The lowest BCUT2D eigenvalue weighted by atomic mass is 9.88. The maximum Gasteiger partial charge on any atom is 0.163 e. The van der Waals surface area contributed by atoms with E-state index in [1.165, 1.54) is 21.6 Å². The van der Waals surface area contributed by atoms with Crippen molar-refractivity contribution >= 4 is 41.6 Å². The zero-order valence-electron chi connectivity index (χ0n) is 17.7. The lowest BCUT2D eigenvalue weighted by molar-refractivity contribution is 0.0940. The number of thioether (sulfide) groups is 1.